The monoisotopic (exact) mass is 408 g/mol. The van der Waals surface area contributed by atoms with Crippen molar-refractivity contribution in [1.29, 1.82) is 0 Å². The summed E-state index contributed by atoms with van der Waals surface area (Å²) in [5.41, 5.74) is 7.75. The summed E-state index contributed by atoms with van der Waals surface area (Å²) in [6.45, 7) is 0. The Labute approximate surface area is 169 Å². The van der Waals surface area contributed by atoms with Crippen LogP contribution in [0.4, 0.5) is 24.7 Å². The Hall–Kier alpha value is -3.94. The van der Waals surface area contributed by atoms with Crippen LogP contribution in [0, 0.1) is 0 Å². The first-order valence-electron chi connectivity index (χ1n) is 8.90. The van der Waals surface area contributed by atoms with Crippen LogP contribution >= 0.6 is 0 Å². The van der Waals surface area contributed by atoms with Gasteiger partial charge in [0.2, 0.25) is 0 Å². The molecule has 4 rings (SSSR count). The van der Waals surface area contributed by atoms with E-state index in [4.69, 9.17) is 5.73 Å². The van der Waals surface area contributed by atoms with Crippen molar-refractivity contribution in [3.63, 3.8) is 0 Å². The highest BCUT2D eigenvalue weighted by molar-refractivity contribution is 6.04. The average Bonchev–Trinajstić information content (AvgIpc) is 2.73. The molecule has 0 atom stereocenters. The number of anilines is 2. The second kappa shape index (κ2) is 7.47. The smallest absolute Gasteiger partial charge is 0.383 e. The SMILES string of the molecule is Nc1ncnc2ccc(-c3cccc(NC(=O)c4cccc(C(F)(F)F)c4)c3)cc12. The maximum atomic E-state index is 12.9. The summed E-state index contributed by atoms with van der Waals surface area (Å²) in [7, 11) is 0. The molecule has 0 spiro atoms. The molecule has 0 aliphatic carbocycles. The van der Waals surface area contributed by atoms with Crippen LogP contribution < -0.4 is 11.1 Å². The first-order chi connectivity index (χ1) is 14.3. The normalized spacial score (nSPS) is 11.4. The first kappa shape index (κ1) is 19.4. The summed E-state index contributed by atoms with van der Waals surface area (Å²) in [5, 5.41) is 3.34. The van der Waals surface area contributed by atoms with Gasteiger partial charge in [-0.15, -0.1) is 0 Å². The molecule has 0 unspecified atom stereocenters. The van der Waals surface area contributed by atoms with Crippen molar-refractivity contribution in [3.05, 3.63) is 84.2 Å². The molecule has 150 valence electrons. The van der Waals surface area contributed by atoms with Crippen LogP contribution in [0.1, 0.15) is 15.9 Å². The molecule has 3 aromatic carbocycles. The van der Waals surface area contributed by atoms with Crippen LogP contribution in [0.5, 0.6) is 0 Å². The molecular weight excluding hydrogens is 393 g/mol. The van der Waals surface area contributed by atoms with Crippen molar-refractivity contribution in [1.82, 2.24) is 9.97 Å². The third kappa shape index (κ3) is 3.93. The quantitative estimate of drug-likeness (QED) is 0.491. The van der Waals surface area contributed by atoms with E-state index in [9.17, 15) is 18.0 Å². The van der Waals surface area contributed by atoms with Gasteiger partial charge in [0.25, 0.3) is 5.91 Å². The first-order valence-corrected chi connectivity index (χ1v) is 8.90. The van der Waals surface area contributed by atoms with Gasteiger partial charge in [0.1, 0.15) is 12.1 Å². The molecular formula is C22H15F3N4O. The number of carbonyl (C=O) groups excluding carboxylic acids is 1. The number of nitrogens with one attached hydrogen (secondary N) is 1. The molecule has 0 bridgehead atoms. The van der Waals surface area contributed by atoms with Gasteiger partial charge in [0, 0.05) is 16.6 Å². The van der Waals surface area contributed by atoms with E-state index in [1.54, 1.807) is 18.2 Å². The molecule has 30 heavy (non-hydrogen) atoms. The molecule has 1 heterocycles. The molecule has 0 fully saturated rings. The van der Waals surface area contributed by atoms with E-state index in [-0.39, 0.29) is 5.56 Å². The second-order valence-corrected chi connectivity index (χ2v) is 6.60. The standard InChI is InChI=1S/C22H15F3N4O/c23-22(24,25)16-5-1-4-15(9-16)21(30)29-17-6-2-3-13(10-17)14-7-8-19-18(11-14)20(26)28-12-27-19/h1-12H,(H,29,30)(H2,26,27,28). The van der Waals surface area contributed by atoms with Crippen molar-refractivity contribution in [3.8, 4) is 11.1 Å². The number of amides is 1. The van der Waals surface area contributed by atoms with Crippen molar-refractivity contribution in [2.24, 2.45) is 0 Å². The Bertz CT molecular complexity index is 1250. The minimum absolute atomic E-state index is 0.0779. The molecule has 8 heteroatoms. The van der Waals surface area contributed by atoms with Gasteiger partial charge in [-0.25, -0.2) is 9.97 Å². The van der Waals surface area contributed by atoms with Gasteiger partial charge in [0.05, 0.1) is 11.1 Å². The number of aromatic nitrogens is 2. The Morgan fingerprint density at radius 1 is 0.900 bits per heavy atom. The lowest BCUT2D eigenvalue weighted by Gasteiger charge is -2.11. The lowest BCUT2D eigenvalue weighted by molar-refractivity contribution is -0.137. The molecule has 1 aromatic heterocycles. The van der Waals surface area contributed by atoms with Crippen LogP contribution in [-0.2, 0) is 6.18 Å². The zero-order chi connectivity index (χ0) is 21.3. The predicted molar refractivity (Wildman–Crippen MR) is 109 cm³/mol. The number of hydrogen-bond acceptors (Lipinski definition) is 4. The van der Waals surface area contributed by atoms with Gasteiger partial charge in [-0.1, -0.05) is 24.3 Å². The summed E-state index contributed by atoms with van der Waals surface area (Å²) in [5.74, 6) is -0.273. The highest BCUT2D eigenvalue weighted by atomic mass is 19.4. The molecule has 5 nitrogen and oxygen atoms in total. The third-order valence-corrected chi connectivity index (χ3v) is 4.57. The van der Waals surface area contributed by atoms with E-state index in [2.05, 4.69) is 15.3 Å². The fourth-order valence-electron chi connectivity index (χ4n) is 3.07. The minimum Gasteiger partial charge on any atom is -0.383 e. The summed E-state index contributed by atoms with van der Waals surface area (Å²) in [4.78, 5) is 20.6. The largest absolute Gasteiger partial charge is 0.416 e. The molecule has 0 aliphatic rings. The van der Waals surface area contributed by atoms with E-state index < -0.39 is 17.6 Å². The number of carbonyl (C=O) groups is 1. The van der Waals surface area contributed by atoms with Gasteiger partial charge in [-0.3, -0.25) is 4.79 Å². The fraction of sp³-hybridized carbons (Fsp3) is 0.0455. The lowest BCUT2D eigenvalue weighted by atomic mass is 10.0. The zero-order valence-electron chi connectivity index (χ0n) is 15.4. The Balaban J connectivity index is 1.61. The van der Waals surface area contributed by atoms with Crippen molar-refractivity contribution < 1.29 is 18.0 Å². The summed E-state index contributed by atoms with van der Waals surface area (Å²) in [6.07, 6.45) is -3.13. The highest BCUT2D eigenvalue weighted by Gasteiger charge is 2.30. The number of hydrogen-bond donors (Lipinski definition) is 2. The van der Waals surface area contributed by atoms with E-state index in [1.807, 2.05) is 24.3 Å². The van der Waals surface area contributed by atoms with E-state index in [0.29, 0.717) is 22.4 Å². The maximum Gasteiger partial charge on any atom is 0.416 e. The molecule has 0 saturated carbocycles. The van der Waals surface area contributed by atoms with Gasteiger partial charge in [-0.05, 0) is 53.6 Å². The summed E-state index contributed by atoms with van der Waals surface area (Å²) >= 11 is 0. The van der Waals surface area contributed by atoms with Gasteiger partial charge in [-0.2, -0.15) is 13.2 Å². The number of nitrogens with two attached hydrogens (primary N) is 1. The molecule has 0 radical (unpaired) electrons. The summed E-state index contributed by atoms with van der Waals surface area (Å²) in [6, 6.07) is 16.8. The van der Waals surface area contributed by atoms with Crippen LogP contribution in [0.3, 0.4) is 0 Å². The number of halogens is 3. The molecule has 1 amide bonds. The zero-order valence-corrected chi connectivity index (χ0v) is 15.4. The Morgan fingerprint density at radius 2 is 1.67 bits per heavy atom. The van der Waals surface area contributed by atoms with Gasteiger partial charge >= 0.3 is 6.18 Å². The van der Waals surface area contributed by atoms with Crippen molar-refractivity contribution in [2.75, 3.05) is 11.1 Å². The number of fused-ring (bicyclic) bond motifs is 1. The van der Waals surface area contributed by atoms with Crippen molar-refractivity contribution in [2.45, 2.75) is 6.18 Å². The lowest BCUT2D eigenvalue weighted by Crippen LogP contribution is -2.13. The third-order valence-electron chi connectivity index (χ3n) is 4.57. The second-order valence-electron chi connectivity index (χ2n) is 6.60. The van der Waals surface area contributed by atoms with Crippen LogP contribution in [-0.4, -0.2) is 15.9 Å². The number of rotatable bonds is 3. The fourth-order valence-corrected chi connectivity index (χ4v) is 3.07. The van der Waals surface area contributed by atoms with E-state index >= 15 is 0 Å². The number of nitrogen functional groups attached to an aromatic ring is 1. The van der Waals surface area contributed by atoms with Crippen LogP contribution in [0.25, 0.3) is 22.0 Å². The Morgan fingerprint density at radius 3 is 2.47 bits per heavy atom. The van der Waals surface area contributed by atoms with Gasteiger partial charge in [0.15, 0.2) is 0 Å². The molecule has 3 N–H and O–H groups in total. The predicted octanol–water partition coefficient (Wildman–Crippen LogP) is 5.15. The number of benzene rings is 3. The highest BCUT2D eigenvalue weighted by Crippen LogP contribution is 2.30. The number of alkyl halides is 3. The van der Waals surface area contributed by atoms with E-state index in [1.165, 1.54) is 18.5 Å². The van der Waals surface area contributed by atoms with Crippen LogP contribution in [0.15, 0.2) is 73.1 Å². The van der Waals surface area contributed by atoms with Crippen molar-refractivity contribution >= 4 is 28.3 Å². The number of nitrogens with zero attached hydrogens (tertiary/aromatic N) is 2. The molecule has 0 aliphatic heterocycles. The van der Waals surface area contributed by atoms with Crippen LogP contribution in [0.2, 0.25) is 0 Å². The average molecular weight is 408 g/mol. The topological polar surface area (TPSA) is 80.9 Å². The van der Waals surface area contributed by atoms with Gasteiger partial charge < -0.3 is 11.1 Å². The molecule has 4 aromatic rings. The summed E-state index contributed by atoms with van der Waals surface area (Å²) < 4.78 is 38.7. The minimum atomic E-state index is -4.52. The Kier molecular flexibility index (Phi) is 4.83. The molecule has 0 saturated heterocycles. The van der Waals surface area contributed by atoms with E-state index in [0.717, 1.165) is 23.3 Å². The maximum absolute atomic E-state index is 12.9.